The molecule has 6 nitrogen and oxygen atoms in total. The predicted octanol–water partition coefficient (Wildman–Crippen LogP) is 3.55. The van der Waals surface area contributed by atoms with Gasteiger partial charge in [-0.1, -0.05) is 6.07 Å². The fourth-order valence-electron chi connectivity index (χ4n) is 3.26. The third kappa shape index (κ3) is 2.59. The fraction of sp³-hybridized carbons (Fsp3) is 0.263. The van der Waals surface area contributed by atoms with E-state index in [4.69, 9.17) is 0 Å². The highest BCUT2D eigenvalue weighted by Gasteiger charge is 2.28. The third-order valence-corrected chi connectivity index (χ3v) is 4.88. The average Bonchev–Trinajstić information content (AvgIpc) is 3.41. The minimum absolute atomic E-state index is 0.423. The molecule has 3 aromatic heterocycles. The first kappa shape index (κ1) is 14.3. The summed E-state index contributed by atoms with van der Waals surface area (Å²) in [5.41, 5.74) is 4.94. The Morgan fingerprint density at radius 2 is 1.92 bits per heavy atom. The second-order valence-electron chi connectivity index (χ2n) is 6.67. The number of nitrogens with zero attached hydrogens (tertiary/aromatic N) is 5. The van der Waals surface area contributed by atoms with E-state index < -0.39 is 0 Å². The molecule has 1 saturated carbocycles. The molecule has 1 fully saturated rings. The second-order valence-corrected chi connectivity index (χ2v) is 6.67. The monoisotopic (exact) mass is 330 g/mol. The van der Waals surface area contributed by atoms with E-state index in [0.717, 1.165) is 33.6 Å². The van der Waals surface area contributed by atoms with Crippen molar-refractivity contribution in [2.24, 2.45) is 5.92 Å². The summed E-state index contributed by atoms with van der Waals surface area (Å²) in [6.45, 7) is 2.20. The number of fused-ring (bicyclic) bond motifs is 2. The van der Waals surface area contributed by atoms with E-state index >= 15 is 0 Å². The van der Waals surface area contributed by atoms with E-state index in [-0.39, 0.29) is 0 Å². The summed E-state index contributed by atoms with van der Waals surface area (Å²) in [5.74, 6) is 1.44. The van der Waals surface area contributed by atoms with Gasteiger partial charge >= 0.3 is 0 Å². The molecule has 0 spiro atoms. The molecule has 1 aromatic carbocycles. The van der Waals surface area contributed by atoms with E-state index in [0.29, 0.717) is 12.0 Å². The van der Waals surface area contributed by atoms with E-state index in [2.05, 4.69) is 50.5 Å². The summed E-state index contributed by atoms with van der Waals surface area (Å²) in [4.78, 5) is 13.2. The van der Waals surface area contributed by atoms with Crippen LogP contribution in [0.25, 0.3) is 27.7 Å². The number of nitrogens with one attached hydrogen (secondary N) is 1. The van der Waals surface area contributed by atoms with Crippen LogP contribution in [0.4, 0.5) is 5.95 Å². The standard InChI is InChI=1S/C19H18N6/c1-12(13-2-3-13)23-19-22-11-18-15(6-9-25(18)24-19)14-4-5-16-17(10-14)21-8-7-20-16/h4-13H,2-3H2,1H3,(H,23,24)/t12-/m1/s1. The van der Waals surface area contributed by atoms with Crippen LogP contribution in [-0.2, 0) is 0 Å². The second kappa shape index (κ2) is 5.51. The molecule has 0 unspecified atom stereocenters. The lowest BCUT2D eigenvalue weighted by Crippen LogP contribution is -2.19. The Hall–Kier alpha value is -3.02. The highest BCUT2D eigenvalue weighted by molar-refractivity contribution is 5.86. The Morgan fingerprint density at radius 3 is 2.76 bits per heavy atom. The van der Waals surface area contributed by atoms with Gasteiger partial charge in [0.2, 0.25) is 5.95 Å². The lowest BCUT2D eigenvalue weighted by molar-refractivity contribution is 0.681. The summed E-state index contributed by atoms with van der Waals surface area (Å²) in [5, 5.41) is 8.01. The maximum Gasteiger partial charge on any atom is 0.241 e. The van der Waals surface area contributed by atoms with Crippen LogP contribution in [0.2, 0.25) is 0 Å². The Kier molecular flexibility index (Phi) is 3.16. The van der Waals surface area contributed by atoms with Gasteiger partial charge in [-0.25, -0.2) is 9.50 Å². The van der Waals surface area contributed by atoms with Crippen LogP contribution < -0.4 is 5.32 Å². The van der Waals surface area contributed by atoms with Gasteiger partial charge in [0.25, 0.3) is 0 Å². The van der Waals surface area contributed by atoms with Gasteiger partial charge in [-0.15, -0.1) is 5.10 Å². The van der Waals surface area contributed by atoms with Crippen molar-refractivity contribution in [3.8, 4) is 11.1 Å². The van der Waals surface area contributed by atoms with E-state index in [1.807, 2.05) is 23.0 Å². The molecule has 1 N–H and O–H groups in total. The van der Waals surface area contributed by atoms with Crippen molar-refractivity contribution >= 4 is 22.5 Å². The Balaban J connectivity index is 1.52. The number of hydrogen-bond acceptors (Lipinski definition) is 5. The Labute approximate surface area is 145 Å². The molecule has 124 valence electrons. The topological polar surface area (TPSA) is 68.0 Å². The van der Waals surface area contributed by atoms with Gasteiger partial charge < -0.3 is 5.32 Å². The molecule has 5 rings (SSSR count). The first-order valence-corrected chi connectivity index (χ1v) is 8.60. The van der Waals surface area contributed by atoms with E-state index in [1.54, 1.807) is 12.4 Å². The minimum atomic E-state index is 0.423. The lowest BCUT2D eigenvalue weighted by Gasteiger charge is -2.12. The molecule has 0 bridgehead atoms. The van der Waals surface area contributed by atoms with Crippen LogP contribution in [0.3, 0.4) is 0 Å². The molecule has 6 heteroatoms. The quantitative estimate of drug-likeness (QED) is 0.620. The molecule has 0 aliphatic heterocycles. The van der Waals surface area contributed by atoms with Gasteiger partial charge in [0.05, 0.1) is 22.7 Å². The maximum atomic E-state index is 4.60. The van der Waals surface area contributed by atoms with Crippen LogP contribution in [0, 0.1) is 5.92 Å². The van der Waals surface area contributed by atoms with Crippen LogP contribution in [0.15, 0.2) is 49.1 Å². The van der Waals surface area contributed by atoms with Gasteiger partial charge in [0.1, 0.15) is 0 Å². The zero-order valence-electron chi connectivity index (χ0n) is 13.9. The smallest absolute Gasteiger partial charge is 0.241 e. The predicted molar refractivity (Wildman–Crippen MR) is 97.3 cm³/mol. The molecule has 0 amide bonds. The largest absolute Gasteiger partial charge is 0.350 e. The highest BCUT2D eigenvalue weighted by Crippen LogP contribution is 2.33. The average molecular weight is 330 g/mol. The minimum Gasteiger partial charge on any atom is -0.350 e. The number of benzene rings is 1. The van der Waals surface area contributed by atoms with Crippen molar-refractivity contribution in [2.75, 3.05) is 5.32 Å². The van der Waals surface area contributed by atoms with Crippen molar-refractivity contribution in [3.63, 3.8) is 0 Å². The molecule has 1 aliphatic carbocycles. The van der Waals surface area contributed by atoms with Gasteiger partial charge in [-0.05, 0) is 49.4 Å². The normalized spacial score (nSPS) is 15.6. The van der Waals surface area contributed by atoms with Crippen molar-refractivity contribution < 1.29 is 0 Å². The molecular formula is C19H18N6. The van der Waals surface area contributed by atoms with Crippen molar-refractivity contribution in [1.82, 2.24) is 24.6 Å². The molecule has 0 saturated heterocycles. The van der Waals surface area contributed by atoms with Gasteiger partial charge in [0.15, 0.2) is 0 Å². The highest BCUT2D eigenvalue weighted by atomic mass is 15.3. The molecule has 4 aromatic rings. The van der Waals surface area contributed by atoms with Crippen molar-refractivity contribution in [1.29, 1.82) is 0 Å². The zero-order chi connectivity index (χ0) is 16.8. The van der Waals surface area contributed by atoms with Crippen LogP contribution in [0.1, 0.15) is 19.8 Å². The summed E-state index contributed by atoms with van der Waals surface area (Å²) in [6.07, 6.45) is 9.88. The van der Waals surface area contributed by atoms with Crippen LogP contribution >= 0.6 is 0 Å². The summed E-state index contributed by atoms with van der Waals surface area (Å²) in [6, 6.07) is 8.60. The summed E-state index contributed by atoms with van der Waals surface area (Å²) in [7, 11) is 0. The van der Waals surface area contributed by atoms with E-state index in [9.17, 15) is 0 Å². The summed E-state index contributed by atoms with van der Waals surface area (Å²) < 4.78 is 1.88. The molecular weight excluding hydrogens is 312 g/mol. The zero-order valence-corrected chi connectivity index (χ0v) is 13.9. The van der Waals surface area contributed by atoms with Gasteiger partial charge in [-0.3, -0.25) is 9.97 Å². The molecule has 3 heterocycles. The number of hydrogen-bond donors (Lipinski definition) is 1. The fourth-order valence-corrected chi connectivity index (χ4v) is 3.26. The van der Waals surface area contributed by atoms with Crippen molar-refractivity contribution in [2.45, 2.75) is 25.8 Å². The molecule has 1 atom stereocenters. The Bertz CT molecular complexity index is 1070. The Morgan fingerprint density at radius 1 is 1.08 bits per heavy atom. The summed E-state index contributed by atoms with van der Waals surface area (Å²) >= 11 is 0. The van der Waals surface area contributed by atoms with Crippen molar-refractivity contribution in [3.05, 3.63) is 49.1 Å². The van der Waals surface area contributed by atoms with Crippen LogP contribution in [-0.4, -0.2) is 30.6 Å². The number of rotatable bonds is 4. The lowest BCUT2D eigenvalue weighted by atomic mass is 10.1. The van der Waals surface area contributed by atoms with E-state index in [1.165, 1.54) is 12.8 Å². The maximum absolute atomic E-state index is 4.60. The molecule has 1 aliphatic rings. The third-order valence-electron chi connectivity index (χ3n) is 4.88. The number of aromatic nitrogens is 5. The van der Waals surface area contributed by atoms with Gasteiger partial charge in [0, 0.05) is 30.2 Å². The first-order valence-electron chi connectivity index (χ1n) is 8.60. The SMILES string of the molecule is C[C@@H](Nc1ncc2c(-c3ccc4nccnc4c3)ccn2n1)C1CC1. The molecule has 0 radical (unpaired) electrons. The first-order chi connectivity index (χ1) is 12.3. The van der Waals surface area contributed by atoms with Crippen LogP contribution in [0.5, 0.6) is 0 Å². The number of anilines is 1. The van der Waals surface area contributed by atoms with Gasteiger partial charge in [-0.2, -0.15) is 0 Å². The molecule has 25 heavy (non-hydrogen) atoms.